The first kappa shape index (κ1) is 18.4. The minimum Gasteiger partial charge on any atom is -0.342 e. The standard InChI is InChI=1S/C24H19N2.Ho/c1-2-26-22-11-4-3-10-20(22)21-16-17(12-13-23(21)26)15-19-8-5-7-18-9-6-14-25-24(18)19;/h3-16H,2H2,1H3;/q-1;. The first-order valence-corrected chi connectivity index (χ1v) is 9.04. The van der Waals surface area contributed by atoms with Crippen molar-refractivity contribution >= 4 is 32.7 Å². The van der Waals surface area contributed by atoms with Crippen LogP contribution in [0.2, 0.25) is 0 Å². The Morgan fingerprint density at radius 2 is 1.67 bits per heavy atom. The fourth-order valence-electron chi connectivity index (χ4n) is 3.93. The van der Waals surface area contributed by atoms with Crippen LogP contribution in [0.1, 0.15) is 18.1 Å². The van der Waals surface area contributed by atoms with Gasteiger partial charge in [-0.3, -0.25) is 4.98 Å². The summed E-state index contributed by atoms with van der Waals surface area (Å²) in [4.78, 5) is 4.57. The van der Waals surface area contributed by atoms with Crippen LogP contribution in [0.4, 0.5) is 0 Å². The minimum atomic E-state index is 0. The van der Waals surface area contributed by atoms with Gasteiger partial charge >= 0.3 is 0 Å². The van der Waals surface area contributed by atoms with Gasteiger partial charge in [-0.15, -0.1) is 30.2 Å². The zero-order valence-corrected chi connectivity index (χ0v) is 16.9. The maximum absolute atomic E-state index is 4.57. The molecule has 2 aromatic heterocycles. The van der Waals surface area contributed by atoms with Crippen molar-refractivity contribution in [2.24, 2.45) is 0 Å². The third-order valence-electron chi connectivity index (χ3n) is 5.10. The Kier molecular flexibility index (Phi) is 5.14. The van der Waals surface area contributed by atoms with Crippen LogP contribution >= 0.6 is 0 Å². The largest absolute Gasteiger partial charge is 0.342 e. The number of para-hydroxylation sites is 2. The monoisotopic (exact) mass is 500 g/mol. The minimum absolute atomic E-state index is 0. The summed E-state index contributed by atoms with van der Waals surface area (Å²) in [5.41, 5.74) is 6.00. The molecule has 5 aromatic rings. The molecule has 0 saturated carbocycles. The van der Waals surface area contributed by atoms with Gasteiger partial charge in [0.2, 0.25) is 0 Å². The molecule has 3 aromatic carbocycles. The van der Waals surface area contributed by atoms with E-state index in [0.29, 0.717) is 0 Å². The predicted molar refractivity (Wildman–Crippen MR) is 109 cm³/mol. The molecule has 0 N–H and O–H groups in total. The Morgan fingerprint density at radius 3 is 2.56 bits per heavy atom. The van der Waals surface area contributed by atoms with Gasteiger partial charge in [0, 0.05) is 67.0 Å². The molecule has 0 aliphatic heterocycles. The number of hydrogen-bond donors (Lipinski definition) is 0. The van der Waals surface area contributed by atoms with Crippen LogP contribution in [0.3, 0.4) is 0 Å². The molecule has 2 heterocycles. The van der Waals surface area contributed by atoms with E-state index in [1.165, 1.54) is 32.8 Å². The van der Waals surface area contributed by atoms with E-state index >= 15 is 0 Å². The zero-order valence-electron chi connectivity index (χ0n) is 15.0. The maximum Gasteiger partial charge on any atom is 0.0484 e. The average molecular weight is 500 g/mol. The van der Waals surface area contributed by atoms with Crippen LogP contribution in [0.15, 0.2) is 79.0 Å². The van der Waals surface area contributed by atoms with E-state index in [1.807, 2.05) is 12.3 Å². The predicted octanol–water partition coefficient (Wildman–Crippen LogP) is 5.96. The van der Waals surface area contributed by atoms with Crippen molar-refractivity contribution in [3.8, 4) is 0 Å². The summed E-state index contributed by atoms with van der Waals surface area (Å²) in [7, 11) is 0. The van der Waals surface area contributed by atoms with Gasteiger partial charge in [0.05, 0.1) is 0 Å². The molecule has 0 saturated heterocycles. The van der Waals surface area contributed by atoms with Crippen LogP contribution in [-0.4, -0.2) is 9.55 Å². The second-order valence-electron chi connectivity index (χ2n) is 6.60. The van der Waals surface area contributed by atoms with Gasteiger partial charge in [-0.05, 0) is 35.2 Å². The normalized spacial score (nSPS) is 11.0. The van der Waals surface area contributed by atoms with Gasteiger partial charge in [0.1, 0.15) is 0 Å². The number of hydrogen-bond acceptors (Lipinski definition) is 1. The van der Waals surface area contributed by atoms with Gasteiger partial charge in [-0.1, -0.05) is 48.0 Å². The molecule has 2 nitrogen and oxygen atoms in total. The number of rotatable bonds is 3. The van der Waals surface area contributed by atoms with Gasteiger partial charge in [-0.2, -0.15) is 0 Å². The Bertz CT molecular complexity index is 1250. The summed E-state index contributed by atoms with van der Waals surface area (Å²) < 4.78 is 2.38. The molecular formula is C24H19HoN2-. The van der Waals surface area contributed by atoms with Crippen molar-refractivity contribution < 1.29 is 37.7 Å². The van der Waals surface area contributed by atoms with Crippen molar-refractivity contribution in [1.82, 2.24) is 9.55 Å². The number of nitrogens with zero attached hydrogens (tertiary/aromatic N) is 2. The van der Waals surface area contributed by atoms with E-state index in [-0.39, 0.29) is 37.7 Å². The molecule has 0 bridgehead atoms. The van der Waals surface area contributed by atoms with Crippen molar-refractivity contribution in [2.75, 3.05) is 0 Å². The van der Waals surface area contributed by atoms with E-state index in [0.717, 1.165) is 17.6 Å². The summed E-state index contributed by atoms with van der Waals surface area (Å²) >= 11 is 0. The molecule has 0 fully saturated rings. The molecule has 0 unspecified atom stereocenters. The fourth-order valence-corrected chi connectivity index (χ4v) is 3.93. The first-order valence-electron chi connectivity index (χ1n) is 9.04. The first-order chi connectivity index (χ1) is 12.8. The summed E-state index contributed by atoms with van der Waals surface area (Å²) in [6.45, 7) is 3.17. The Hall–Kier alpha value is -2.00. The van der Waals surface area contributed by atoms with E-state index in [2.05, 4.69) is 89.6 Å². The zero-order chi connectivity index (χ0) is 17.5. The average Bonchev–Trinajstić information content (AvgIpc) is 3.01. The molecule has 0 atom stereocenters. The number of pyridine rings is 1. The molecule has 0 aliphatic carbocycles. The van der Waals surface area contributed by atoms with Crippen LogP contribution < -0.4 is 0 Å². The van der Waals surface area contributed by atoms with Crippen LogP contribution in [0.5, 0.6) is 0 Å². The molecule has 137 valence electrons. The Labute approximate surface area is 188 Å². The number of aryl methyl sites for hydroxylation is 1. The van der Waals surface area contributed by atoms with Gasteiger partial charge in [0.15, 0.2) is 0 Å². The van der Waals surface area contributed by atoms with Crippen molar-refractivity contribution in [3.63, 3.8) is 0 Å². The fraction of sp³-hybridized carbons (Fsp3) is 0.0833. The van der Waals surface area contributed by atoms with Gasteiger partial charge in [0.25, 0.3) is 0 Å². The second-order valence-corrected chi connectivity index (χ2v) is 6.60. The Balaban J connectivity index is 0.00000180. The second kappa shape index (κ2) is 7.55. The third-order valence-corrected chi connectivity index (χ3v) is 5.10. The molecule has 0 aliphatic rings. The van der Waals surface area contributed by atoms with E-state index in [1.54, 1.807) is 0 Å². The van der Waals surface area contributed by atoms with Gasteiger partial charge < -0.3 is 4.57 Å². The number of aromatic nitrogens is 2. The van der Waals surface area contributed by atoms with E-state index in [9.17, 15) is 0 Å². The quantitative estimate of drug-likeness (QED) is 0.221. The molecule has 1 radical (unpaired) electrons. The molecule has 0 spiro atoms. The molecule has 0 amide bonds. The number of benzene rings is 3. The van der Waals surface area contributed by atoms with Crippen LogP contribution in [0, 0.1) is 44.2 Å². The third kappa shape index (κ3) is 3.12. The summed E-state index contributed by atoms with van der Waals surface area (Å²) in [6, 6.07) is 25.8. The molecule has 27 heavy (non-hydrogen) atoms. The number of fused-ring (bicyclic) bond motifs is 4. The summed E-state index contributed by atoms with van der Waals surface area (Å²) in [6.07, 6.45) is 4.09. The summed E-state index contributed by atoms with van der Waals surface area (Å²) in [5, 5.41) is 3.80. The van der Waals surface area contributed by atoms with E-state index in [4.69, 9.17) is 0 Å². The van der Waals surface area contributed by atoms with Crippen molar-refractivity contribution in [2.45, 2.75) is 13.5 Å². The summed E-state index contributed by atoms with van der Waals surface area (Å²) in [5.74, 6) is 0. The smallest absolute Gasteiger partial charge is 0.0484 e. The topological polar surface area (TPSA) is 17.8 Å². The van der Waals surface area contributed by atoms with E-state index < -0.39 is 0 Å². The van der Waals surface area contributed by atoms with Crippen molar-refractivity contribution in [3.05, 3.63) is 96.5 Å². The van der Waals surface area contributed by atoms with Crippen LogP contribution in [0.25, 0.3) is 32.7 Å². The SMILES string of the molecule is CCn1c2ccccc2c2cc([CH-]c3cccc4cccnc34)ccc21.[Ho]. The maximum atomic E-state index is 4.57. The molecular weight excluding hydrogens is 481 g/mol. The van der Waals surface area contributed by atoms with Gasteiger partial charge in [-0.25, -0.2) is 0 Å². The molecule has 3 heteroatoms. The molecule has 5 rings (SSSR count). The van der Waals surface area contributed by atoms with Crippen molar-refractivity contribution in [1.29, 1.82) is 0 Å². The Morgan fingerprint density at radius 1 is 0.852 bits per heavy atom. The van der Waals surface area contributed by atoms with Crippen LogP contribution in [-0.2, 0) is 6.54 Å².